The molecule has 3 aromatic carbocycles. The second kappa shape index (κ2) is 10.2. The van der Waals surface area contributed by atoms with E-state index >= 15 is 0 Å². The zero-order valence-corrected chi connectivity index (χ0v) is 17.4. The molecule has 0 aliphatic heterocycles. The standard InChI is InChI=1S/C25H17F4NS/c1-2-3-4-20-21(26)11-17(12-22(20)27)6-5-16-7-9-18(10-8-16)19-13-23(28)25(30-15-31)24(29)14-19/h7-14H,2-4H2,1H3. The maximum atomic E-state index is 14.2. The fourth-order valence-electron chi connectivity index (χ4n) is 3.04. The molecule has 31 heavy (non-hydrogen) atoms. The van der Waals surface area contributed by atoms with Crippen LogP contribution in [-0.2, 0) is 6.42 Å². The molecule has 0 heterocycles. The molecule has 0 spiro atoms. The molecule has 0 atom stereocenters. The third kappa shape index (κ3) is 5.46. The van der Waals surface area contributed by atoms with Crippen LogP contribution in [0.25, 0.3) is 11.1 Å². The smallest absolute Gasteiger partial charge is 0.153 e. The average Bonchev–Trinajstić information content (AvgIpc) is 2.74. The van der Waals surface area contributed by atoms with Crippen LogP contribution in [0.3, 0.4) is 0 Å². The van der Waals surface area contributed by atoms with Crippen LogP contribution in [0.4, 0.5) is 23.2 Å². The second-order valence-corrected chi connectivity index (χ2v) is 7.02. The maximum Gasteiger partial charge on any atom is 0.153 e. The van der Waals surface area contributed by atoms with Crippen LogP contribution in [0, 0.1) is 35.1 Å². The normalized spacial score (nSPS) is 10.2. The first kappa shape index (κ1) is 22.4. The van der Waals surface area contributed by atoms with Gasteiger partial charge in [0.05, 0.1) is 5.16 Å². The Morgan fingerprint density at radius 3 is 1.90 bits per heavy atom. The number of benzene rings is 3. The lowest BCUT2D eigenvalue weighted by Crippen LogP contribution is -1.97. The summed E-state index contributed by atoms with van der Waals surface area (Å²) in [5.74, 6) is 2.70. The van der Waals surface area contributed by atoms with Crippen molar-refractivity contribution in [2.24, 2.45) is 4.99 Å². The Hall–Kier alpha value is -3.26. The van der Waals surface area contributed by atoms with E-state index in [2.05, 4.69) is 29.1 Å². The number of isothiocyanates is 1. The minimum Gasteiger partial charge on any atom is -0.207 e. The van der Waals surface area contributed by atoms with Gasteiger partial charge in [-0.15, -0.1) is 0 Å². The third-order valence-electron chi connectivity index (χ3n) is 4.67. The Morgan fingerprint density at radius 1 is 0.774 bits per heavy atom. The molecule has 1 nitrogen and oxygen atoms in total. The van der Waals surface area contributed by atoms with Crippen LogP contribution in [0.1, 0.15) is 36.5 Å². The van der Waals surface area contributed by atoms with Gasteiger partial charge in [-0.05, 0) is 72.6 Å². The van der Waals surface area contributed by atoms with E-state index < -0.39 is 29.0 Å². The number of thiocarbonyl (C=S) groups is 1. The van der Waals surface area contributed by atoms with Crippen molar-refractivity contribution in [1.29, 1.82) is 0 Å². The molecular formula is C25H17F4NS. The summed E-state index contributed by atoms with van der Waals surface area (Å²) in [6.07, 6.45) is 1.91. The Kier molecular flexibility index (Phi) is 7.36. The molecule has 0 saturated carbocycles. The summed E-state index contributed by atoms with van der Waals surface area (Å²) in [5.41, 5.74) is 1.31. The fourth-order valence-corrected chi connectivity index (χ4v) is 3.13. The minimum absolute atomic E-state index is 0.0820. The molecule has 0 saturated heterocycles. The number of aliphatic imine (C=N–C) groups is 1. The number of halogens is 4. The lowest BCUT2D eigenvalue weighted by molar-refractivity contribution is 0.548. The van der Waals surface area contributed by atoms with Crippen molar-refractivity contribution in [3.05, 3.63) is 88.5 Å². The zero-order valence-electron chi connectivity index (χ0n) is 16.6. The molecule has 0 bridgehead atoms. The lowest BCUT2D eigenvalue weighted by atomic mass is 10.0. The van der Waals surface area contributed by atoms with Gasteiger partial charge in [0.15, 0.2) is 11.6 Å². The number of rotatable bonds is 5. The Balaban J connectivity index is 1.83. The summed E-state index contributed by atoms with van der Waals surface area (Å²) in [4.78, 5) is 3.38. The van der Waals surface area contributed by atoms with Crippen LogP contribution >= 0.6 is 12.2 Å². The molecule has 0 radical (unpaired) electrons. The molecule has 6 heteroatoms. The van der Waals surface area contributed by atoms with E-state index in [4.69, 9.17) is 0 Å². The Bertz CT molecular complexity index is 1170. The Labute approximate surface area is 183 Å². The number of unbranched alkanes of at least 4 members (excludes halogenated alkanes) is 1. The van der Waals surface area contributed by atoms with Crippen molar-refractivity contribution in [3.63, 3.8) is 0 Å². The van der Waals surface area contributed by atoms with Gasteiger partial charge in [0, 0.05) is 16.7 Å². The van der Waals surface area contributed by atoms with Crippen molar-refractivity contribution in [2.75, 3.05) is 0 Å². The van der Waals surface area contributed by atoms with Gasteiger partial charge in [-0.2, -0.15) is 4.99 Å². The van der Waals surface area contributed by atoms with Gasteiger partial charge in [-0.1, -0.05) is 37.3 Å². The highest BCUT2D eigenvalue weighted by atomic mass is 32.1. The van der Waals surface area contributed by atoms with Gasteiger partial charge in [0.1, 0.15) is 17.3 Å². The molecule has 156 valence electrons. The van der Waals surface area contributed by atoms with Crippen molar-refractivity contribution in [3.8, 4) is 23.0 Å². The minimum atomic E-state index is -0.845. The molecule has 0 aliphatic carbocycles. The quantitative estimate of drug-likeness (QED) is 0.175. The summed E-state index contributed by atoms with van der Waals surface area (Å²) in [6.45, 7) is 1.96. The van der Waals surface area contributed by atoms with Crippen molar-refractivity contribution in [1.82, 2.24) is 0 Å². The predicted octanol–water partition coefficient (Wildman–Crippen LogP) is 7.39. The summed E-state index contributed by atoms with van der Waals surface area (Å²) in [6, 6.07) is 11.4. The monoisotopic (exact) mass is 439 g/mol. The van der Waals surface area contributed by atoms with Crippen LogP contribution < -0.4 is 0 Å². The van der Waals surface area contributed by atoms with Crippen molar-refractivity contribution in [2.45, 2.75) is 26.2 Å². The van der Waals surface area contributed by atoms with E-state index in [1.807, 2.05) is 12.1 Å². The zero-order chi connectivity index (χ0) is 22.4. The van der Waals surface area contributed by atoms with Gasteiger partial charge in [0.2, 0.25) is 0 Å². The number of nitrogens with zero attached hydrogens (tertiary/aromatic N) is 1. The molecule has 3 rings (SSSR count). The van der Waals surface area contributed by atoms with Gasteiger partial charge in [-0.3, -0.25) is 0 Å². The van der Waals surface area contributed by atoms with Crippen molar-refractivity contribution >= 4 is 23.1 Å². The summed E-state index contributed by atoms with van der Waals surface area (Å²) >= 11 is 4.39. The van der Waals surface area contributed by atoms with Crippen LogP contribution in [0.15, 0.2) is 53.5 Å². The van der Waals surface area contributed by atoms with Gasteiger partial charge < -0.3 is 0 Å². The van der Waals surface area contributed by atoms with Gasteiger partial charge >= 0.3 is 0 Å². The van der Waals surface area contributed by atoms with E-state index in [9.17, 15) is 17.6 Å². The molecule has 0 amide bonds. The topological polar surface area (TPSA) is 12.4 Å². The lowest BCUT2D eigenvalue weighted by Gasteiger charge is -2.05. The first-order chi connectivity index (χ1) is 14.9. The second-order valence-electron chi connectivity index (χ2n) is 6.84. The maximum absolute atomic E-state index is 14.2. The van der Waals surface area contributed by atoms with E-state index in [0.29, 0.717) is 29.5 Å². The SMILES string of the molecule is CCCCc1c(F)cc(C#Cc2ccc(-c3cc(F)c(N=C=S)c(F)c3)cc2)cc1F. The molecule has 0 aliphatic rings. The van der Waals surface area contributed by atoms with Crippen LogP contribution in [0.2, 0.25) is 0 Å². The van der Waals surface area contributed by atoms with E-state index in [1.54, 1.807) is 24.3 Å². The highest BCUT2D eigenvalue weighted by Gasteiger charge is 2.12. The average molecular weight is 439 g/mol. The largest absolute Gasteiger partial charge is 0.207 e. The summed E-state index contributed by atoms with van der Waals surface area (Å²) in [5, 5.41) is 1.94. The van der Waals surface area contributed by atoms with Crippen LogP contribution in [0.5, 0.6) is 0 Å². The fraction of sp³-hybridized carbons (Fsp3) is 0.160. The summed E-state index contributed by atoms with van der Waals surface area (Å²) < 4.78 is 56.4. The first-order valence-electron chi connectivity index (χ1n) is 9.60. The molecule has 0 N–H and O–H groups in total. The first-order valence-corrected chi connectivity index (χ1v) is 10.0. The predicted molar refractivity (Wildman–Crippen MR) is 117 cm³/mol. The highest BCUT2D eigenvalue weighted by molar-refractivity contribution is 7.78. The Morgan fingerprint density at radius 2 is 1.35 bits per heavy atom. The number of hydrogen-bond donors (Lipinski definition) is 0. The third-order valence-corrected chi connectivity index (χ3v) is 4.76. The molecule has 0 fully saturated rings. The number of hydrogen-bond acceptors (Lipinski definition) is 2. The molecule has 0 unspecified atom stereocenters. The van der Waals surface area contributed by atoms with Gasteiger partial charge in [-0.25, -0.2) is 17.6 Å². The van der Waals surface area contributed by atoms with Crippen molar-refractivity contribution < 1.29 is 17.6 Å². The van der Waals surface area contributed by atoms with Gasteiger partial charge in [0.25, 0.3) is 0 Å². The van der Waals surface area contributed by atoms with Crippen LogP contribution in [-0.4, -0.2) is 5.16 Å². The van der Waals surface area contributed by atoms with E-state index in [0.717, 1.165) is 18.6 Å². The highest BCUT2D eigenvalue weighted by Crippen LogP contribution is 2.29. The summed E-state index contributed by atoms with van der Waals surface area (Å²) in [7, 11) is 0. The van der Waals surface area contributed by atoms with E-state index in [-0.39, 0.29) is 11.1 Å². The molecule has 0 aromatic heterocycles. The van der Waals surface area contributed by atoms with E-state index in [1.165, 1.54) is 12.1 Å². The molecular weight excluding hydrogens is 422 g/mol. The molecule has 3 aromatic rings.